The number of anilines is 1. The molecule has 0 aliphatic carbocycles. The first-order valence-corrected chi connectivity index (χ1v) is 7.89. The fourth-order valence-electron chi connectivity index (χ4n) is 2.10. The molecule has 0 spiro atoms. The number of carbonyl (C=O) groups excluding carboxylic acids is 1. The van der Waals surface area contributed by atoms with Gasteiger partial charge < -0.3 is 16.4 Å². The Hall–Kier alpha value is -1.86. The maximum absolute atomic E-state index is 11.8. The van der Waals surface area contributed by atoms with Crippen molar-refractivity contribution in [1.29, 1.82) is 0 Å². The number of halogens is 1. The second kappa shape index (κ2) is 10.8. The third kappa shape index (κ3) is 6.72. The number of nitrogens with zero attached hydrogens (tertiary/aromatic N) is 1. The normalized spacial score (nSPS) is 12.7. The van der Waals surface area contributed by atoms with Crippen LogP contribution in [0.3, 0.4) is 0 Å². The van der Waals surface area contributed by atoms with Gasteiger partial charge in [-0.25, -0.2) is 0 Å². The van der Waals surface area contributed by atoms with Crippen molar-refractivity contribution < 1.29 is 9.72 Å². The van der Waals surface area contributed by atoms with E-state index >= 15 is 0 Å². The van der Waals surface area contributed by atoms with Gasteiger partial charge in [0.15, 0.2) is 0 Å². The average Bonchev–Trinajstić information content (AvgIpc) is 2.53. The van der Waals surface area contributed by atoms with Gasteiger partial charge in [0.2, 0.25) is 5.91 Å². The number of rotatable bonds is 9. The molecule has 1 aromatic carbocycles. The predicted molar refractivity (Wildman–Crippen MR) is 98.6 cm³/mol. The van der Waals surface area contributed by atoms with Crippen LogP contribution in [0.2, 0.25) is 0 Å². The van der Waals surface area contributed by atoms with E-state index in [9.17, 15) is 14.9 Å². The second-order valence-electron chi connectivity index (χ2n) is 5.76. The highest BCUT2D eigenvalue weighted by molar-refractivity contribution is 5.85. The van der Waals surface area contributed by atoms with Gasteiger partial charge in [0.1, 0.15) is 5.69 Å². The van der Waals surface area contributed by atoms with E-state index in [1.54, 1.807) is 6.07 Å². The summed E-state index contributed by atoms with van der Waals surface area (Å²) in [6.45, 7) is 6.77. The molecule has 4 N–H and O–H groups in total. The maximum Gasteiger partial charge on any atom is 0.292 e. The Morgan fingerprint density at radius 3 is 2.62 bits per heavy atom. The van der Waals surface area contributed by atoms with Crippen LogP contribution in [-0.2, 0) is 4.79 Å². The van der Waals surface area contributed by atoms with Crippen molar-refractivity contribution >= 4 is 29.7 Å². The van der Waals surface area contributed by atoms with Crippen LogP contribution in [0.25, 0.3) is 0 Å². The fourth-order valence-corrected chi connectivity index (χ4v) is 2.10. The summed E-state index contributed by atoms with van der Waals surface area (Å²) in [4.78, 5) is 22.4. The third-order valence-electron chi connectivity index (χ3n) is 3.88. The lowest BCUT2D eigenvalue weighted by Gasteiger charge is -2.17. The first-order valence-electron chi connectivity index (χ1n) is 7.89. The largest absolute Gasteiger partial charge is 0.379 e. The van der Waals surface area contributed by atoms with Crippen LogP contribution in [0.1, 0.15) is 32.3 Å². The second-order valence-corrected chi connectivity index (χ2v) is 5.76. The number of nitrogens with two attached hydrogens (primary N) is 1. The van der Waals surface area contributed by atoms with Crippen LogP contribution >= 0.6 is 12.4 Å². The number of hydrogen-bond acceptors (Lipinski definition) is 5. The molecule has 0 bridgehead atoms. The highest BCUT2D eigenvalue weighted by atomic mass is 35.5. The van der Waals surface area contributed by atoms with Gasteiger partial charge in [-0.3, -0.25) is 14.9 Å². The smallest absolute Gasteiger partial charge is 0.292 e. The zero-order valence-electron chi connectivity index (χ0n) is 14.4. The first-order chi connectivity index (χ1) is 10.9. The van der Waals surface area contributed by atoms with Crippen LogP contribution in [0.4, 0.5) is 11.4 Å². The topological polar surface area (TPSA) is 110 Å². The molecule has 0 aromatic heterocycles. The number of hydrogen-bond donors (Lipinski definition) is 3. The van der Waals surface area contributed by atoms with E-state index < -0.39 is 11.0 Å². The molecule has 0 saturated heterocycles. The zero-order valence-corrected chi connectivity index (χ0v) is 15.2. The Labute approximate surface area is 148 Å². The van der Waals surface area contributed by atoms with Crippen LogP contribution in [-0.4, -0.2) is 30.0 Å². The summed E-state index contributed by atoms with van der Waals surface area (Å²) in [5.41, 5.74) is 7.23. The monoisotopic (exact) mass is 358 g/mol. The predicted octanol–water partition coefficient (Wildman–Crippen LogP) is 2.62. The van der Waals surface area contributed by atoms with E-state index in [0.29, 0.717) is 25.2 Å². The van der Waals surface area contributed by atoms with E-state index in [-0.39, 0.29) is 29.9 Å². The molecule has 1 rings (SSSR count). The molecule has 136 valence electrons. The number of nitro groups is 1. The molecule has 2 atom stereocenters. The first kappa shape index (κ1) is 22.1. The van der Waals surface area contributed by atoms with Crippen molar-refractivity contribution in [3.8, 4) is 0 Å². The van der Waals surface area contributed by atoms with Crippen LogP contribution in [0.5, 0.6) is 0 Å². The Balaban J connectivity index is 0.00000529. The molecule has 0 radical (unpaired) electrons. The molecule has 1 aromatic rings. The molecule has 0 aliphatic rings. The van der Waals surface area contributed by atoms with Crippen molar-refractivity contribution in [1.82, 2.24) is 5.32 Å². The lowest BCUT2D eigenvalue weighted by Crippen LogP contribution is -2.45. The van der Waals surface area contributed by atoms with Crippen molar-refractivity contribution in [2.24, 2.45) is 11.7 Å². The number of nitrogens with one attached hydrogen (secondary N) is 2. The summed E-state index contributed by atoms with van der Waals surface area (Å²) in [6.07, 6.45) is 1.51. The van der Waals surface area contributed by atoms with E-state index in [2.05, 4.69) is 10.6 Å². The van der Waals surface area contributed by atoms with Gasteiger partial charge in [0.05, 0.1) is 11.0 Å². The number of aryl methyl sites for hydroxylation is 1. The minimum Gasteiger partial charge on any atom is -0.379 e. The molecule has 8 heteroatoms. The Morgan fingerprint density at radius 1 is 1.38 bits per heavy atom. The number of amides is 1. The molecule has 24 heavy (non-hydrogen) atoms. The van der Waals surface area contributed by atoms with Crippen LogP contribution in [0, 0.1) is 23.0 Å². The van der Waals surface area contributed by atoms with E-state index in [1.165, 1.54) is 6.07 Å². The molecule has 1 amide bonds. The van der Waals surface area contributed by atoms with Crippen molar-refractivity contribution in [3.05, 3.63) is 33.9 Å². The molecule has 2 unspecified atom stereocenters. The molecule has 0 saturated carbocycles. The minimum absolute atomic E-state index is 0. The van der Waals surface area contributed by atoms with Gasteiger partial charge in [0, 0.05) is 19.2 Å². The number of benzene rings is 1. The van der Waals surface area contributed by atoms with Gasteiger partial charge in [-0.2, -0.15) is 0 Å². The SMILES string of the molecule is CCC(C)C(N)C(=O)NCCCNc1ccc(C)cc1[N+](=O)[O-].Cl. The van der Waals surface area contributed by atoms with Gasteiger partial charge in [0.25, 0.3) is 5.69 Å². The van der Waals surface area contributed by atoms with Crippen LogP contribution in [0.15, 0.2) is 18.2 Å². The molecule has 0 aliphatic heterocycles. The van der Waals surface area contributed by atoms with Gasteiger partial charge >= 0.3 is 0 Å². The highest BCUT2D eigenvalue weighted by Crippen LogP contribution is 2.25. The van der Waals surface area contributed by atoms with Crippen molar-refractivity contribution in [3.63, 3.8) is 0 Å². The Kier molecular flexibility index (Phi) is 9.99. The number of carbonyl (C=O) groups is 1. The lowest BCUT2D eigenvalue weighted by molar-refractivity contribution is -0.384. The Morgan fingerprint density at radius 2 is 2.04 bits per heavy atom. The maximum atomic E-state index is 11.8. The summed E-state index contributed by atoms with van der Waals surface area (Å²) in [7, 11) is 0. The average molecular weight is 359 g/mol. The summed E-state index contributed by atoms with van der Waals surface area (Å²) in [5, 5.41) is 16.8. The summed E-state index contributed by atoms with van der Waals surface area (Å²) < 4.78 is 0. The van der Waals surface area contributed by atoms with Crippen molar-refractivity contribution in [2.45, 2.75) is 39.7 Å². The van der Waals surface area contributed by atoms with Gasteiger partial charge in [-0.05, 0) is 30.9 Å². The van der Waals surface area contributed by atoms with E-state index in [4.69, 9.17) is 5.73 Å². The van der Waals surface area contributed by atoms with E-state index in [1.807, 2.05) is 26.8 Å². The highest BCUT2D eigenvalue weighted by Gasteiger charge is 2.18. The van der Waals surface area contributed by atoms with E-state index in [0.717, 1.165) is 12.0 Å². The molecule has 7 nitrogen and oxygen atoms in total. The van der Waals surface area contributed by atoms with Crippen LogP contribution < -0.4 is 16.4 Å². The lowest BCUT2D eigenvalue weighted by atomic mass is 9.99. The van der Waals surface area contributed by atoms with Gasteiger partial charge in [-0.15, -0.1) is 12.4 Å². The summed E-state index contributed by atoms with van der Waals surface area (Å²) in [5.74, 6) is -0.0102. The number of nitro benzene ring substituents is 1. The minimum atomic E-state index is -0.494. The van der Waals surface area contributed by atoms with Gasteiger partial charge in [-0.1, -0.05) is 26.3 Å². The Bertz CT molecular complexity index is 554. The zero-order chi connectivity index (χ0) is 17.4. The fraction of sp³-hybridized carbons (Fsp3) is 0.562. The standard InChI is InChI=1S/C16H26N4O3.ClH/c1-4-12(3)15(17)16(21)19-9-5-8-18-13-7-6-11(2)10-14(13)20(22)23;/h6-7,10,12,15,18H,4-5,8-9,17H2,1-3H3,(H,19,21);1H. The summed E-state index contributed by atoms with van der Waals surface area (Å²) >= 11 is 0. The molecular formula is C16H27ClN4O3. The quantitative estimate of drug-likeness (QED) is 0.357. The third-order valence-corrected chi connectivity index (χ3v) is 3.88. The molecular weight excluding hydrogens is 332 g/mol. The summed E-state index contributed by atoms with van der Waals surface area (Å²) in [6, 6.07) is 4.56. The molecule has 0 fully saturated rings. The van der Waals surface area contributed by atoms with Crippen molar-refractivity contribution in [2.75, 3.05) is 18.4 Å². The molecule has 0 heterocycles.